The van der Waals surface area contributed by atoms with Gasteiger partial charge in [-0.3, -0.25) is 0 Å². The van der Waals surface area contributed by atoms with Gasteiger partial charge in [0.15, 0.2) is 0 Å². The Morgan fingerprint density at radius 1 is 1.11 bits per heavy atom. The number of hydrogen-bond acceptors (Lipinski definition) is 3. The normalized spacial score (nSPS) is 13.9. The molecule has 0 fully saturated rings. The fraction of sp³-hybridized carbons (Fsp3) is 0.625. The molecule has 1 aromatic carbocycles. The van der Waals surface area contributed by atoms with E-state index in [9.17, 15) is 5.11 Å². The number of anilines is 2. The molecule has 0 aromatic heterocycles. The van der Waals surface area contributed by atoms with Crippen molar-refractivity contribution in [1.29, 1.82) is 0 Å². The van der Waals surface area contributed by atoms with Gasteiger partial charge in [-0.1, -0.05) is 13.8 Å². The van der Waals surface area contributed by atoms with E-state index < -0.39 is 0 Å². The summed E-state index contributed by atoms with van der Waals surface area (Å²) in [5, 5.41) is 12.8. The van der Waals surface area contributed by atoms with Crippen molar-refractivity contribution in [3.8, 4) is 0 Å². The number of nitrogens with one attached hydrogen (secondary N) is 1. The van der Waals surface area contributed by atoms with Gasteiger partial charge in [0.1, 0.15) is 0 Å². The monoisotopic (exact) mass is 264 g/mol. The van der Waals surface area contributed by atoms with Crippen molar-refractivity contribution >= 4 is 11.4 Å². The van der Waals surface area contributed by atoms with Gasteiger partial charge in [0.05, 0.1) is 6.61 Å². The average Bonchev–Trinajstić information content (AvgIpc) is 2.47. The van der Waals surface area contributed by atoms with Gasteiger partial charge < -0.3 is 15.3 Å². The maximum atomic E-state index is 9.40. The first kappa shape index (κ1) is 15.8. The van der Waals surface area contributed by atoms with Crippen LogP contribution in [-0.2, 0) is 0 Å². The van der Waals surface area contributed by atoms with E-state index in [4.69, 9.17) is 0 Å². The van der Waals surface area contributed by atoms with Gasteiger partial charge in [-0.25, -0.2) is 0 Å². The van der Waals surface area contributed by atoms with Crippen molar-refractivity contribution in [3.63, 3.8) is 0 Å². The zero-order valence-corrected chi connectivity index (χ0v) is 12.7. The lowest BCUT2D eigenvalue weighted by Crippen LogP contribution is -2.29. The van der Waals surface area contributed by atoms with E-state index in [2.05, 4.69) is 62.2 Å². The average molecular weight is 264 g/mol. The minimum Gasteiger partial charge on any atom is -0.396 e. The number of hydrogen-bond donors (Lipinski definition) is 2. The highest BCUT2D eigenvalue weighted by Crippen LogP contribution is 2.22. The standard InChI is InChI=1S/C16H28N2O/c1-5-16(4,13-19)12-17-14-8-10-15(11-9-14)18(6-2)7-3/h8-11,17,19H,5-7,12-13H2,1-4H3. The van der Waals surface area contributed by atoms with E-state index in [-0.39, 0.29) is 12.0 Å². The lowest BCUT2D eigenvalue weighted by Gasteiger charge is -2.26. The SMILES string of the molecule is CCN(CC)c1ccc(NCC(C)(CC)CO)cc1. The summed E-state index contributed by atoms with van der Waals surface area (Å²) >= 11 is 0. The fourth-order valence-electron chi connectivity index (χ4n) is 1.99. The highest BCUT2D eigenvalue weighted by atomic mass is 16.3. The van der Waals surface area contributed by atoms with Crippen molar-refractivity contribution in [2.45, 2.75) is 34.1 Å². The predicted molar refractivity (Wildman–Crippen MR) is 84.0 cm³/mol. The first-order valence-corrected chi connectivity index (χ1v) is 7.28. The molecule has 0 saturated carbocycles. The van der Waals surface area contributed by atoms with Gasteiger partial charge in [0, 0.05) is 36.4 Å². The third-order valence-corrected chi connectivity index (χ3v) is 3.95. The highest BCUT2D eigenvalue weighted by Gasteiger charge is 2.20. The molecule has 108 valence electrons. The molecule has 1 atom stereocenters. The lowest BCUT2D eigenvalue weighted by atomic mass is 9.88. The molecule has 3 heteroatoms. The van der Waals surface area contributed by atoms with Crippen LogP contribution in [0.3, 0.4) is 0 Å². The summed E-state index contributed by atoms with van der Waals surface area (Å²) < 4.78 is 0. The molecule has 0 amide bonds. The Morgan fingerprint density at radius 3 is 2.11 bits per heavy atom. The summed E-state index contributed by atoms with van der Waals surface area (Å²) in [5.41, 5.74) is 2.33. The third-order valence-electron chi connectivity index (χ3n) is 3.95. The molecule has 0 spiro atoms. The quantitative estimate of drug-likeness (QED) is 0.756. The summed E-state index contributed by atoms with van der Waals surface area (Å²) in [6, 6.07) is 8.53. The van der Waals surface area contributed by atoms with Crippen molar-refractivity contribution in [1.82, 2.24) is 0 Å². The summed E-state index contributed by atoms with van der Waals surface area (Å²) in [6.45, 7) is 11.6. The summed E-state index contributed by atoms with van der Waals surface area (Å²) in [4.78, 5) is 2.33. The van der Waals surface area contributed by atoms with E-state index in [0.29, 0.717) is 0 Å². The van der Waals surface area contributed by atoms with Crippen LogP contribution in [-0.4, -0.2) is 31.3 Å². The van der Waals surface area contributed by atoms with Gasteiger partial charge >= 0.3 is 0 Å². The maximum absolute atomic E-state index is 9.40. The number of aliphatic hydroxyl groups is 1. The van der Waals surface area contributed by atoms with Crippen LogP contribution in [0.2, 0.25) is 0 Å². The Morgan fingerprint density at radius 2 is 1.68 bits per heavy atom. The van der Waals surface area contributed by atoms with E-state index in [1.54, 1.807) is 0 Å². The van der Waals surface area contributed by atoms with Crippen LogP contribution >= 0.6 is 0 Å². The van der Waals surface area contributed by atoms with Crippen molar-refractivity contribution in [3.05, 3.63) is 24.3 Å². The molecule has 1 rings (SSSR count). The molecule has 19 heavy (non-hydrogen) atoms. The molecule has 1 aromatic rings. The van der Waals surface area contributed by atoms with E-state index in [1.165, 1.54) is 5.69 Å². The Hall–Kier alpha value is -1.22. The summed E-state index contributed by atoms with van der Waals surface area (Å²) in [7, 11) is 0. The summed E-state index contributed by atoms with van der Waals surface area (Å²) in [6.07, 6.45) is 0.966. The van der Waals surface area contributed by atoms with Crippen molar-refractivity contribution in [2.24, 2.45) is 5.41 Å². The number of rotatable bonds is 8. The zero-order valence-electron chi connectivity index (χ0n) is 12.7. The molecule has 0 heterocycles. The van der Waals surface area contributed by atoms with Crippen LogP contribution < -0.4 is 10.2 Å². The van der Waals surface area contributed by atoms with E-state index in [0.717, 1.165) is 31.7 Å². The Bertz CT molecular complexity index is 354. The van der Waals surface area contributed by atoms with E-state index >= 15 is 0 Å². The van der Waals surface area contributed by atoms with Crippen LogP contribution in [0.5, 0.6) is 0 Å². The molecular weight excluding hydrogens is 236 g/mol. The number of aliphatic hydroxyl groups excluding tert-OH is 1. The molecule has 1 unspecified atom stereocenters. The lowest BCUT2D eigenvalue weighted by molar-refractivity contribution is 0.149. The first-order valence-electron chi connectivity index (χ1n) is 7.28. The van der Waals surface area contributed by atoms with Gasteiger partial charge in [-0.05, 0) is 44.5 Å². The largest absolute Gasteiger partial charge is 0.396 e. The summed E-state index contributed by atoms with van der Waals surface area (Å²) in [5.74, 6) is 0. The third kappa shape index (κ3) is 4.43. The van der Waals surface area contributed by atoms with Gasteiger partial charge in [0.2, 0.25) is 0 Å². The minimum atomic E-state index is -0.0441. The number of nitrogens with zero attached hydrogens (tertiary/aromatic N) is 1. The zero-order chi connectivity index (χ0) is 14.3. The van der Waals surface area contributed by atoms with Gasteiger partial charge in [-0.2, -0.15) is 0 Å². The van der Waals surface area contributed by atoms with Gasteiger partial charge in [-0.15, -0.1) is 0 Å². The second-order valence-electron chi connectivity index (χ2n) is 5.40. The molecule has 3 nitrogen and oxygen atoms in total. The van der Waals surface area contributed by atoms with Crippen LogP contribution in [0.1, 0.15) is 34.1 Å². The predicted octanol–water partition coefficient (Wildman–Crippen LogP) is 3.35. The minimum absolute atomic E-state index is 0.0441. The van der Waals surface area contributed by atoms with Crippen molar-refractivity contribution < 1.29 is 5.11 Å². The first-order chi connectivity index (χ1) is 9.08. The second-order valence-corrected chi connectivity index (χ2v) is 5.40. The Labute approximate surface area is 117 Å². The van der Waals surface area contributed by atoms with Crippen LogP contribution in [0.4, 0.5) is 11.4 Å². The van der Waals surface area contributed by atoms with Crippen LogP contribution in [0.25, 0.3) is 0 Å². The second kappa shape index (κ2) is 7.39. The molecule has 0 aliphatic carbocycles. The molecule has 0 saturated heterocycles. The Kier molecular flexibility index (Phi) is 6.16. The fourth-order valence-corrected chi connectivity index (χ4v) is 1.99. The molecule has 2 N–H and O–H groups in total. The smallest absolute Gasteiger partial charge is 0.0501 e. The number of benzene rings is 1. The van der Waals surface area contributed by atoms with Crippen LogP contribution in [0, 0.1) is 5.41 Å². The Balaban J connectivity index is 2.62. The molecule has 0 aliphatic rings. The maximum Gasteiger partial charge on any atom is 0.0501 e. The molecule has 0 radical (unpaired) electrons. The van der Waals surface area contributed by atoms with Crippen molar-refractivity contribution in [2.75, 3.05) is 36.5 Å². The topological polar surface area (TPSA) is 35.5 Å². The van der Waals surface area contributed by atoms with Crippen LogP contribution in [0.15, 0.2) is 24.3 Å². The molecule has 0 aliphatic heterocycles. The molecular formula is C16H28N2O. The van der Waals surface area contributed by atoms with E-state index in [1.807, 2.05) is 0 Å². The highest BCUT2D eigenvalue weighted by molar-refractivity contribution is 5.55. The van der Waals surface area contributed by atoms with Gasteiger partial charge in [0.25, 0.3) is 0 Å². The molecule has 0 bridgehead atoms.